The Kier molecular flexibility index (Phi) is 3.82. The van der Waals surface area contributed by atoms with Crippen molar-refractivity contribution in [3.8, 4) is 0 Å². The molecule has 2 N–H and O–H groups in total. The molecular weight excluding hydrogens is 296 g/mol. The Morgan fingerprint density at radius 2 is 2.44 bits per heavy atom. The SMILES string of the molecule is Cn1cc(Br)cc1C(=O)NC1CCCC1(C)CO. The van der Waals surface area contributed by atoms with E-state index in [4.69, 9.17) is 0 Å². The molecule has 2 atom stereocenters. The molecular formula is C13H19BrN2O2. The van der Waals surface area contributed by atoms with Gasteiger partial charge in [0, 0.05) is 29.2 Å². The number of amides is 1. The van der Waals surface area contributed by atoms with Gasteiger partial charge in [0.25, 0.3) is 5.91 Å². The van der Waals surface area contributed by atoms with Crippen molar-refractivity contribution in [3.05, 3.63) is 22.4 Å². The van der Waals surface area contributed by atoms with Crippen molar-refractivity contribution in [2.45, 2.75) is 32.2 Å². The molecule has 1 aliphatic rings. The van der Waals surface area contributed by atoms with Gasteiger partial charge in [-0.25, -0.2) is 0 Å². The highest BCUT2D eigenvalue weighted by molar-refractivity contribution is 9.10. The quantitative estimate of drug-likeness (QED) is 0.897. The molecule has 0 radical (unpaired) electrons. The molecule has 2 unspecified atom stereocenters. The van der Waals surface area contributed by atoms with Gasteiger partial charge in [-0.1, -0.05) is 13.3 Å². The predicted octanol–water partition coefficient (Wildman–Crippen LogP) is 2.07. The van der Waals surface area contributed by atoms with Gasteiger partial charge in [0.1, 0.15) is 5.69 Å². The van der Waals surface area contributed by atoms with Gasteiger partial charge in [-0.3, -0.25) is 4.79 Å². The summed E-state index contributed by atoms with van der Waals surface area (Å²) < 4.78 is 2.69. The molecule has 0 saturated heterocycles. The first-order valence-electron chi connectivity index (χ1n) is 6.20. The molecule has 1 saturated carbocycles. The van der Waals surface area contributed by atoms with Gasteiger partial charge in [0.15, 0.2) is 0 Å². The van der Waals surface area contributed by atoms with Gasteiger partial charge in [0.05, 0.1) is 6.61 Å². The van der Waals surface area contributed by atoms with Crippen molar-refractivity contribution < 1.29 is 9.90 Å². The maximum absolute atomic E-state index is 12.2. The molecule has 100 valence electrons. The molecule has 1 aromatic rings. The molecule has 1 heterocycles. The average molecular weight is 315 g/mol. The summed E-state index contributed by atoms with van der Waals surface area (Å²) in [4.78, 5) is 12.2. The first-order chi connectivity index (χ1) is 8.46. The lowest BCUT2D eigenvalue weighted by atomic mass is 9.86. The summed E-state index contributed by atoms with van der Waals surface area (Å²) in [5.41, 5.74) is 0.451. The van der Waals surface area contributed by atoms with Gasteiger partial charge in [-0.15, -0.1) is 0 Å². The summed E-state index contributed by atoms with van der Waals surface area (Å²) in [6, 6.07) is 1.87. The zero-order chi connectivity index (χ0) is 13.3. The average Bonchev–Trinajstić information content (AvgIpc) is 2.84. The van der Waals surface area contributed by atoms with Crippen molar-refractivity contribution in [2.24, 2.45) is 12.5 Å². The molecule has 0 spiro atoms. The second-order valence-corrected chi connectivity index (χ2v) is 6.30. The van der Waals surface area contributed by atoms with Crippen LogP contribution in [0.15, 0.2) is 16.7 Å². The van der Waals surface area contributed by atoms with Crippen molar-refractivity contribution >= 4 is 21.8 Å². The van der Waals surface area contributed by atoms with Gasteiger partial charge in [-0.05, 0) is 34.8 Å². The van der Waals surface area contributed by atoms with Crippen LogP contribution in [0.25, 0.3) is 0 Å². The van der Waals surface area contributed by atoms with Crippen molar-refractivity contribution in [3.63, 3.8) is 0 Å². The minimum Gasteiger partial charge on any atom is -0.396 e. The first kappa shape index (κ1) is 13.6. The van der Waals surface area contributed by atoms with Gasteiger partial charge in [0.2, 0.25) is 0 Å². The molecule has 0 aliphatic heterocycles. The van der Waals surface area contributed by atoms with Crippen molar-refractivity contribution in [1.29, 1.82) is 0 Å². The standard InChI is InChI=1S/C13H19BrN2O2/c1-13(8-17)5-3-4-11(13)15-12(18)10-6-9(14)7-16(10)2/h6-7,11,17H,3-5,8H2,1-2H3,(H,15,18). The monoisotopic (exact) mass is 314 g/mol. The van der Waals surface area contributed by atoms with Crippen LogP contribution in [0.1, 0.15) is 36.7 Å². The third-order valence-corrected chi connectivity index (χ3v) is 4.39. The Balaban J connectivity index is 2.10. The Bertz CT molecular complexity index is 458. The third kappa shape index (κ3) is 2.47. The number of carbonyl (C=O) groups excluding carboxylic acids is 1. The number of hydrogen-bond donors (Lipinski definition) is 2. The number of hydrogen-bond acceptors (Lipinski definition) is 2. The summed E-state index contributed by atoms with van der Waals surface area (Å²) in [6.07, 6.45) is 4.81. The normalized spacial score (nSPS) is 27.4. The van der Waals surface area contributed by atoms with E-state index < -0.39 is 0 Å². The van der Waals surface area contributed by atoms with Gasteiger partial charge in [-0.2, -0.15) is 0 Å². The van der Waals surface area contributed by atoms with E-state index in [1.54, 1.807) is 10.6 Å². The number of aromatic nitrogens is 1. The molecule has 1 aromatic heterocycles. The van der Waals surface area contributed by atoms with E-state index in [9.17, 15) is 9.90 Å². The van der Waals surface area contributed by atoms with Crippen LogP contribution < -0.4 is 5.32 Å². The van der Waals surface area contributed by atoms with E-state index in [0.717, 1.165) is 23.7 Å². The second-order valence-electron chi connectivity index (χ2n) is 5.38. The zero-order valence-corrected chi connectivity index (χ0v) is 12.3. The smallest absolute Gasteiger partial charge is 0.268 e. The summed E-state index contributed by atoms with van der Waals surface area (Å²) in [5, 5.41) is 12.5. The lowest BCUT2D eigenvalue weighted by Gasteiger charge is -2.30. The van der Waals surface area contributed by atoms with Crippen LogP contribution in [-0.2, 0) is 7.05 Å². The highest BCUT2D eigenvalue weighted by Crippen LogP contribution is 2.37. The van der Waals surface area contributed by atoms with E-state index in [0.29, 0.717) is 5.69 Å². The highest BCUT2D eigenvalue weighted by Gasteiger charge is 2.39. The fourth-order valence-electron chi connectivity index (χ4n) is 2.65. The number of aliphatic hydroxyl groups excluding tert-OH is 1. The number of nitrogens with one attached hydrogen (secondary N) is 1. The lowest BCUT2D eigenvalue weighted by molar-refractivity contribution is 0.0823. The molecule has 18 heavy (non-hydrogen) atoms. The van der Waals surface area contributed by atoms with Crippen molar-refractivity contribution in [2.75, 3.05) is 6.61 Å². The summed E-state index contributed by atoms with van der Waals surface area (Å²) in [6.45, 7) is 2.15. The molecule has 2 rings (SSSR count). The van der Waals surface area contributed by atoms with Crippen LogP contribution in [0.3, 0.4) is 0 Å². The minimum atomic E-state index is -0.182. The first-order valence-corrected chi connectivity index (χ1v) is 6.99. The van der Waals surface area contributed by atoms with Crippen LogP contribution in [-0.4, -0.2) is 28.2 Å². The van der Waals surface area contributed by atoms with E-state index in [1.807, 2.05) is 20.2 Å². The fraction of sp³-hybridized carbons (Fsp3) is 0.615. The van der Waals surface area contributed by atoms with Crippen LogP contribution in [0.2, 0.25) is 0 Å². The second kappa shape index (κ2) is 5.05. The van der Waals surface area contributed by atoms with E-state index >= 15 is 0 Å². The summed E-state index contributed by atoms with van der Waals surface area (Å²) in [5.74, 6) is -0.0743. The van der Waals surface area contributed by atoms with E-state index in [-0.39, 0.29) is 24.0 Å². The Morgan fingerprint density at radius 3 is 3.00 bits per heavy atom. The molecule has 0 aromatic carbocycles. The van der Waals surface area contributed by atoms with Gasteiger partial charge >= 0.3 is 0 Å². The maximum atomic E-state index is 12.2. The number of halogens is 1. The number of aliphatic hydroxyl groups is 1. The number of rotatable bonds is 3. The van der Waals surface area contributed by atoms with Crippen LogP contribution in [0.5, 0.6) is 0 Å². The molecule has 5 heteroatoms. The fourth-order valence-corrected chi connectivity index (χ4v) is 3.17. The summed E-state index contributed by atoms with van der Waals surface area (Å²) in [7, 11) is 1.85. The number of nitrogens with zero attached hydrogens (tertiary/aromatic N) is 1. The molecule has 0 bridgehead atoms. The lowest BCUT2D eigenvalue weighted by Crippen LogP contribution is -2.45. The van der Waals surface area contributed by atoms with E-state index in [1.165, 1.54) is 0 Å². The summed E-state index contributed by atoms with van der Waals surface area (Å²) >= 11 is 3.36. The Labute approximate surface area is 116 Å². The molecule has 1 fully saturated rings. The highest BCUT2D eigenvalue weighted by atomic mass is 79.9. The minimum absolute atomic E-state index is 0.0590. The number of carbonyl (C=O) groups is 1. The third-order valence-electron chi connectivity index (χ3n) is 3.95. The number of aryl methyl sites for hydroxylation is 1. The molecule has 1 aliphatic carbocycles. The predicted molar refractivity (Wildman–Crippen MR) is 73.4 cm³/mol. The maximum Gasteiger partial charge on any atom is 0.268 e. The van der Waals surface area contributed by atoms with Crippen LogP contribution >= 0.6 is 15.9 Å². The Morgan fingerprint density at radius 1 is 1.72 bits per heavy atom. The van der Waals surface area contributed by atoms with E-state index in [2.05, 4.69) is 21.2 Å². The zero-order valence-electron chi connectivity index (χ0n) is 10.7. The molecule has 4 nitrogen and oxygen atoms in total. The topological polar surface area (TPSA) is 54.3 Å². The Hall–Kier alpha value is -0.810. The largest absolute Gasteiger partial charge is 0.396 e. The van der Waals surface area contributed by atoms with Crippen LogP contribution in [0.4, 0.5) is 0 Å². The molecule has 1 amide bonds. The van der Waals surface area contributed by atoms with Crippen LogP contribution in [0, 0.1) is 5.41 Å². The van der Waals surface area contributed by atoms with Crippen molar-refractivity contribution in [1.82, 2.24) is 9.88 Å². The van der Waals surface area contributed by atoms with Gasteiger partial charge < -0.3 is 15.0 Å².